The molecule has 0 bridgehead atoms. The summed E-state index contributed by atoms with van der Waals surface area (Å²) >= 11 is 4.13. The summed E-state index contributed by atoms with van der Waals surface area (Å²) in [5.74, 6) is -2.04. The second-order valence-electron chi connectivity index (χ2n) is 4.62. The van der Waals surface area contributed by atoms with Gasteiger partial charge in [0.25, 0.3) is 0 Å². The molecule has 130 valence electrons. The summed E-state index contributed by atoms with van der Waals surface area (Å²) in [4.78, 5) is 22.6. The third-order valence-corrected chi connectivity index (χ3v) is 4.55. The Morgan fingerprint density at radius 2 is 2.16 bits per heavy atom. The van der Waals surface area contributed by atoms with Gasteiger partial charge >= 0.3 is 11.7 Å². The van der Waals surface area contributed by atoms with Gasteiger partial charge in [-0.05, 0) is 44.4 Å². The lowest BCUT2D eigenvalue weighted by Crippen LogP contribution is -2.13. The predicted molar refractivity (Wildman–Crippen MR) is 86.0 cm³/mol. The van der Waals surface area contributed by atoms with Crippen molar-refractivity contribution in [2.24, 2.45) is 0 Å². The summed E-state index contributed by atoms with van der Waals surface area (Å²) in [6.45, 7) is 0. The zero-order valence-corrected chi connectivity index (χ0v) is 14.6. The average molecular weight is 431 g/mol. The lowest BCUT2D eigenvalue weighted by atomic mass is 10.3. The van der Waals surface area contributed by atoms with Gasteiger partial charge in [0.15, 0.2) is 10.7 Å². The number of halogens is 2. The minimum Gasteiger partial charge on any atom is -0.481 e. The van der Waals surface area contributed by atoms with Gasteiger partial charge in [-0.1, -0.05) is 16.9 Å². The summed E-state index contributed by atoms with van der Waals surface area (Å²) in [5.41, 5.74) is 0.403. The Kier molecular flexibility index (Phi) is 4.99. The number of aromatic nitrogens is 4. The highest BCUT2D eigenvalue weighted by Gasteiger charge is 2.23. The molecule has 0 saturated heterocycles. The van der Waals surface area contributed by atoms with Crippen molar-refractivity contribution >= 4 is 33.7 Å². The fraction of sp³-hybridized carbons (Fsp3) is 0.154. The number of carbonyl (C=O) groups is 1. The third kappa shape index (κ3) is 3.64. The standard InChI is InChI=1S/C13H8BrFN4O5S/c14-7-5-6(1-2-8(7)15)19-11(17-23-13(19)22)10-12(18-24-16-10)25-4-3-9(20)21/h1-2,5H,3-4H2,(H,20,21). The van der Waals surface area contributed by atoms with E-state index in [0.29, 0.717) is 5.69 Å². The number of hydrogen-bond donors (Lipinski definition) is 1. The molecule has 0 aliphatic heterocycles. The van der Waals surface area contributed by atoms with Crippen LogP contribution >= 0.6 is 27.7 Å². The average Bonchev–Trinajstić information content (AvgIpc) is 3.16. The van der Waals surface area contributed by atoms with E-state index in [1.165, 1.54) is 18.2 Å². The second kappa shape index (κ2) is 7.19. The van der Waals surface area contributed by atoms with Crippen molar-refractivity contribution in [3.63, 3.8) is 0 Å². The molecule has 12 heteroatoms. The van der Waals surface area contributed by atoms with Crippen molar-refractivity contribution in [1.82, 2.24) is 20.0 Å². The van der Waals surface area contributed by atoms with Gasteiger partial charge in [-0.25, -0.2) is 18.4 Å². The molecule has 2 heterocycles. The number of carboxylic acid groups (broad SMARTS) is 1. The van der Waals surface area contributed by atoms with E-state index in [1.54, 1.807) is 0 Å². The maximum atomic E-state index is 13.4. The van der Waals surface area contributed by atoms with Crippen molar-refractivity contribution in [3.05, 3.63) is 39.0 Å². The predicted octanol–water partition coefficient (Wildman–Crippen LogP) is 2.34. The third-order valence-electron chi connectivity index (χ3n) is 2.99. The largest absolute Gasteiger partial charge is 0.481 e. The molecule has 0 aliphatic carbocycles. The van der Waals surface area contributed by atoms with Crippen LogP contribution in [0.15, 0.2) is 41.6 Å². The molecule has 0 fully saturated rings. The minimum absolute atomic E-state index is 0.00239. The van der Waals surface area contributed by atoms with Crippen molar-refractivity contribution in [2.45, 2.75) is 11.4 Å². The van der Waals surface area contributed by atoms with Gasteiger partial charge in [0, 0.05) is 5.75 Å². The van der Waals surface area contributed by atoms with Crippen LogP contribution in [0.25, 0.3) is 17.2 Å². The molecule has 1 N–H and O–H groups in total. The summed E-state index contributed by atoms with van der Waals surface area (Å²) in [5, 5.41) is 20.0. The first-order valence-electron chi connectivity index (χ1n) is 6.69. The monoisotopic (exact) mass is 430 g/mol. The van der Waals surface area contributed by atoms with Gasteiger partial charge < -0.3 is 5.11 Å². The van der Waals surface area contributed by atoms with E-state index in [-0.39, 0.29) is 33.2 Å². The summed E-state index contributed by atoms with van der Waals surface area (Å²) in [6.07, 6.45) is -0.0898. The molecule has 3 aromatic rings. The first kappa shape index (κ1) is 17.4. The Hall–Kier alpha value is -2.47. The molecule has 0 spiro atoms. The van der Waals surface area contributed by atoms with Crippen LogP contribution in [-0.2, 0) is 4.79 Å². The molecule has 3 rings (SSSR count). The molecule has 0 atom stereocenters. The molecule has 9 nitrogen and oxygen atoms in total. The molecule has 25 heavy (non-hydrogen) atoms. The first-order chi connectivity index (χ1) is 12.0. The van der Waals surface area contributed by atoms with Gasteiger partial charge in [0.1, 0.15) is 5.82 Å². The molecular formula is C13H8BrFN4O5S. The van der Waals surface area contributed by atoms with Gasteiger partial charge in [-0.15, -0.1) is 0 Å². The quantitative estimate of drug-likeness (QED) is 0.586. The van der Waals surface area contributed by atoms with Crippen LogP contribution in [0, 0.1) is 5.82 Å². The zero-order chi connectivity index (χ0) is 18.0. The van der Waals surface area contributed by atoms with E-state index in [1.807, 2.05) is 0 Å². The molecule has 0 aliphatic rings. The van der Waals surface area contributed by atoms with E-state index >= 15 is 0 Å². The molecule has 1 aromatic carbocycles. The summed E-state index contributed by atoms with van der Waals surface area (Å²) in [7, 11) is 0. The second-order valence-corrected chi connectivity index (χ2v) is 6.55. The van der Waals surface area contributed by atoms with Crippen LogP contribution in [0.2, 0.25) is 0 Å². The van der Waals surface area contributed by atoms with E-state index < -0.39 is 17.5 Å². The van der Waals surface area contributed by atoms with Crippen LogP contribution in [0.1, 0.15) is 6.42 Å². The maximum Gasteiger partial charge on any atom is 0.446 e. The first-order valence-corrected chi connectivity index (χ1v) is 8.47. The Labute approximate surface area is 150 Å². The van der Waals surface area contributed by atoms with Crippen molar-refractivity contribution in [2.75, 3.05) is 5.75 Å². The smallest absolute Gasteiger partial charge is 0.446 e. The van der Waals surface area contributed by atoms with Gasteiger partial charge in [-0.2, -0.15) is 0 Å². The van der Waals surface area contributed by atoms with Gasteiger partial charge in [0.2, 0.25) is 5.82 Å². The lowest BCUT2D eigenvalue weighted by molar-refractivity contribution is -0.136. The maximum absolute atomic E-state index is 13.4. The van der Waals surface area contributed by atoms with Crippen molar-refractivity contribution < 1.29 is 23.4 Å². The number of rotatable bonds is 6. The summed E-state index contributed by atoms with van der Waals surface area (Å²) < 4.78 is 24.0. The van der Waals surface area contributed by atoms with Crippen LogP contribution in [-0.4, -0.2) is 36.9 Å². The Morgan fingerprint density at radius 3 is 2.88 bits per heavy atom. The van der Waals surface area contributed by atoms with E-state index in [0.717, 1.165) is 16.3 Å². The highest BCUT2D eigenvalue weighted by atomic mass is 79.9. The molecule has 0 radical (unpaired) electrons. The summed E-state index contributed by atoms with van der Waals surface area (Å²) in [6, 6.07) is 3.92. The lowest BCUT2D eigenvalue weighted by Gasteiger charge is -2.04. The van der Waals surface area contributed by atoms with Crippen molar-refractivity contribution in [1.29, 1.82) is 0 Å². The SMILES string of the molecule is O=C(O)CCSc1nonc1-c1noc(=O)n1-c1ccc(F)c(Br)c1. The Balaban J connectivity index is 2.00. The Bertz CT molecular complexity index is 985. The van der Waals surface area contributed by atoms with Gasteiger partial charge in [0.05, 0.1) is 16.6 Å². The Morgan fingerprint density at radius 1 is 1.36 bits per heavy atom. The van der Waals surface area contributed by atoms with Crippen LogP contribution < -0.4 is 5.76 Å². The van der Waals surface area contributed by atoms with Crippen LogP contribution in [0.3, 0.4) is 0 Å². The number of carboxylic acids is 1. The van der Waals surface area contributed by atoms with E-state index in [9.17, 15) is 14.0 Å². The molecule has 2 aromatic heterocycles. The minimum atomic E-state index is -0.958. The van der Waals surface area contributed by atoms with Crippen molar-refractivity contribution in [3.8, 4) is 17.2 Å². The number of hydrogen-bond acceptors (Lipinski definition) is 8. The fourth-order valence-electron chi connectivity index (χ4n) is 1.90. The van der Waals surface area contributed by atoms with Crippen LogP contribution in [0.4, 0.5) is 4.39 Å². The highest BCUT2D eigenvalue weighted by Crippen LogP contribution is 2.29. The molecule has 0 unspecified atom stereocenters. The zero-order valence-electron chi connectivity index (χ0n) is 12.2. The molecular weight excluding hydrogens is 423 g/mol. The van der Waals surface area contributed by atoms with Crippen LogP contribution in [0.5, 0.6) is 0 Å². The number of thioether (sulfide) groups is 1. The fourth-order valence-corrected chi connectivity index (χ4v) is 3.09. The molecule has 0 saturated carbocycles. The normalized spacial score (nSPS) is 11.0. The van der Waals surface area contributed by atoms with E-state index in [4.69, 9.17) is 5.11 Å². The number of nitrogens with zero attached hydrogens (tertiary/aromatic N) is 4. The number of aliphatic carboxylic acids is 1. The van der Waals surface area contributed by atoms with Gasteiger partial charge in [-0.3, -0.25) is 9.32 Å². The highest BCUT2D eigenvalue weighted by molar-refractivity contribution is 9.10. The van der Waals surface area contributed by atoms with E-state index in [2.05, 4.69) is 40.6 Å². The molecule has 0 amide bonds. The topological polar surface area (TPSA) is 124 Å². The number of benzene rings is 1.